The van der Waals surface area contributed by atoms with E-state index >= 15 is 0 Å². The van der Waals surface area contributed by atoms with E-state index in [1.165, 1.54) is 12.1 Å². The molecule has 102 valence electrons. The predicted octanol–water partition coefficient (Wildman–Crippen LogP) is -3.64. The number of hydrogen-bond donors (Lipinski definition) is 4. The maximum Gasteiger partial charge on any atom is 1.00 e. The van der Waals surface area contributed by atoms with Crippen LogP contribution in [0, 0.1) is 0 Å². The van der Waals surface area contributed by atoms with Crippen LogP contribution in [0.4, 0.5) is 0 Å². The summed E-state index contributed by atoms with van der Waals surface area (Å²) in [4.78, 5) is 10.4. The molecule has 5 N–H and O–H groups in total. The summed E-state index contributed by atoms with van der Waals surface area (Å²) in [5, 5.41) is 17.5. The zero-order valence-corrected chi connectivity index (χ0v) is 12.9. The first kappa shape index (κ1) is 20.6. The molecule has 10 heteroatoms. The van der Waals surface area contributed by atoms with E-state index in [0.29, 0.717) is 0 Å². The van der Waals surface area contributed by atoms with Crippen molar-refractivity contribution in [3.63, 3.8) is 0 Å². The minimum atomic E-state index is -4.92. The molecule has 1 aromatic rings. The molecule has 0 unspecified atom stereocenters. The van der Waals surface area contributed by atoms with E-state index in [0.717, 1.165) is 5.56 Å². The third-order valence-corrected chi connectivity index (χ3v) is 1.71. The molecule has 0 aromatic heterocycles. The number of rotatable bonds is 3. The summed E-state index contributed by atoms with van der Waals surface area (Å²) in [5.41, 5.74) is 6.12. The van der Waals surface area contributed by atoms with Crippen LogP contribution in [-0.4, -0.2) is 39.7 Å². The molecule has 1 rings (SSSR count). The van der Waals surface area contributed by atoms with Crippen molar-refractivity contribution in [3.8, 4) is 5.75 Å². The number of benzene rings is 1. The number of hydrogen-bond acceptors (Lipinski definition) is 6. The van der Waals surface area contributed by atoms with E-state index in [-0.39, 0.29) is 41.7 Å². The van der Waals surface area contributed by atoms with E-state index in [1.807, 2.05) is 0 Å². The molecule has 0 aliphatic rings. The first-order valence-electron chi connectivity index (χ1n) is 4.54. The van der Waals surface area contributed by atoms with Crippen molar-refractivity contribution in [3.05, 3.63) is 29.8 Å². The number of phenolic OH excluding ortho intramolecular Hbond substituents is 1. The second kappa shape index (κ2) is 9.26. The standard InChI is InChI=1S/C9H11NO3.Na.H2O4S/c10-8(9(12)13)5-6-1-3-7(11)4-2-6;;1-5(2,3)4/h1-4,8,11H,5,10H2,(H,12,13);;(H2,1,2,3,4)/q;+1;/p-1/t8-;;/m1../s1. The SMILES string of the molecule is N[C@H](Cc1ccc(O)cc1)C(=O)O.O=S(=O)([O-])O.[Na+]. The smallest absolute Gasteiger partial charge is 0.726 e. The Morgan fingerprint density at radius 3 is 2.00 bits per heavy atom. The van der Waals surface area contributed by atoms with Crippen molar-refractivity contribution in [1.82, 2.24) is 0 Å². The van der Waals surface area contributed by atoms with Gasteiger partial charge in [-0.15, -0.1) is 0 Å². The van der Waals surface area contributed by atoms with Crippen LogP contribution >= 0.6 is 0 Å². The molecule has 0 amide bonds. The van der Waals surface area contributed by atoms with Gasteiger partial charge in [-0.05, 0) is 24.1 Å². The van der Waals surface area contributed by atoms with Gasteiger partial charge in [0.2, 0.25) is 10.4 Å². The van der Waals surface area contributed by atoms with Gasteiger partial charge in [-0.1, -0.05) is 12.1 Å². The molecule has 0 aliphatic heterocycles. The van der Waals surface area contributed by atoms with Gasteiger partial charge in [0, 0.05) is 0 Å². The maximum atomic E-state index is 10.4. The fourth-order valence-corrected chi connectivity index (χ4v) is 0.973. The normalized spacial score (nSPS) is 11.5. The summed E-state index contributed by atoms with van der Waals surface area (Å²) in [7, 11) is -4.92. The van der Waals surface area contributed by atoms with Crippen LogP contribution in [-0.2, 0) is 21.6 Å². The molecule has 19 heavy (non-hydrogen) atoms. The van der Waals surface area contributed by atoms with Gasteiger partial charge in [-0.2, -0.15) is 0 Å². The van der Waals surface area contributed by atoms with Crippen molar-refractivity contribution in [2.24, 2.45) is 5.73 Å². The van der Waals surface area contributed by atoms with Crippen molar-refractivity contribution in [1.29, 1.82) is 0 Å². The van der Waals surface area contributed by atoms with Crippen molar-refractivity contribution in [2.75, 3.05) is 0 Å². The number of aromatic hydroxyl groups is 1. The van der Waals surface area contributed by atoms with E-state index in [1.54, 1.807) is 12.1 Å². The van der Waals surface area contributed by atoms with E-state index in [4.69, 9.17) is 33.5 Å². The van der Waals surface area contributed by atoms with Gasteiger partial charge in [-0.25, -0.2) is 8.42 Å². The Labute approximate surface area is 132 Å². The van der Waals surface area contributed by atoms with Crippen LogP contribution in [0.25, 0.3) is 0 Å². The molecule has 0 fully saturated rings. The summed E-state index contributed by atoms with van der Waals surface area (Å²) < 4.78 is 32.8. The van der Waals surface area contributed by atoms with Crippen LogP contribution in [0.15, 0.2) is 24.3 Å². The maximum absolute atomic E-state index is 10.4. The van der Waals surface area contributed by atoms with Gasteiger partial charge in [-0.3, -0.25) is 9.35 Å². The number of phenols is 1. The fourth-order valence-electron chi connectivity index (χ4n) is 0.973. The molecule has 0 saturated carbocycles. The monoisotopic (exact) mass is 301 g/mol. The summed E-state index contributed by atoms with van der Waals surface area (Å²) in [6.07, 6.45) is 0.273. The minimum absolute atomic E-state index is 0. The minimum Gasteiger partial charge on any atom is -0.726 e. The number of carboxylic acid groups (broad SMARTS) is 1. The zero-order valence-electron chi connectivity index (χ0n) is 10.1. The number of nitrogens with two attached hydrogens (primary N) is 1. The van der Waals surface area contributed by atoms with Gasteiger partial charge in [0.25, 0.3) is 0 Å². The average Bonchev–Trinajstić information content (AvgIpc) is 2.18. The first-order valence-corrected chi connectivity index (χ1v) is 5.90. The van der Waals surface area contributed by atoms with Crippen molar-refractivity contribution >= 4 is 16.4 Å². The molecule has 0 bridgehead atoms. The molecule has 1 atom stereocenters. The molecule has 1 aromatic carbocycles. The van der Waals surface area contributed by atoms with Gasteiger partial charge in [0.15, 0.2) is 0 Å². The molecule has 0 saturated heterocycles. The summed E-state index contributed by atoms with van der Waals surface area (Å²) in [6, 6.07) is 5.42. The molecular weight excluding hydrogens is 289 g/mol. The van der Waals surface area contributed by atoms with Crippen LogP contribution in [0.3, 0.4) is 0 Å². The number of carboxylic acids is 1. The summed E-state index contributed by atoms with van der Waals surface area (Å²) >= 11 is 0. The molecule has 0 radical (unpaired) electrons. The van der Waals surface area contributed by atoms with E-state index in [2.05, 4.69) is 0 Å². The Hall–Kier alpha value is -0.680. The largest absolute Gasteiger partial charge is 1.00 e. The fraction of sp³-hybridized carbons (Fsp3) is 0.222. The van der Waals surface area contributed by atoms with Crippen LogP contribution in [0.5, 0.6) is 5.75 Å². The topological polar surface area (TPSA) is 161 Å². The van der Waals surface area contributed by atoms with Crippen molar-refractivity contribution in [2.45, 2.75) is 12.5 Å². The van der Waals surface area contributed by atoms with Crippen LogP contribution in [0.1, 0.15) is 5.56 Å². The summed E-state index contributed by atoms with van der Waals surface area (Å²) in [5.74, 6) is -0.860. The van der Waals surface area contributed by atoms with Crippen LogP contribution < -0.4 is 35.3 Å². The second-order valence-electron chi connectivity index (χ2n) is 3.24. The molecular formula is C9H12NNaO7S. The van der Waals surface area contributed by atoms with E-state index < -0.39 is 22.4 Å². The Morgan fingerprint density at radius 1 is 1.32 bits per heavy atom. The Bertz CT molecular complexity index is 480. The van der Waals surface area contributed by atoms with Gasteiger partial charge >= 0.3 is 35.5 Å². The molecule has 0 aliphatic carbocycles. The van der Waals surface area contributed by atoms with Crippen LogP contribution in [0.2, 0.25) is 0 Å². The third kappa shape index (κ3) is 13.6. The second-order valence-corrected chi connectivity index (χ2v) is 4.10. The van der Waals surface area contributed by atoms with Gasteiger partial charge in [0.05, 0.1) is 0 Å². The Kier molecular flexibility index (Phi) is 10.1. The predicted molar refractivity (Wildman–Crippen MR) is 59.7 cm³/mol. The number of carbonyl (C=O) groups is 1. The third-order valence-electron chi connectivity index (χ3n) is 1.71. The quantitative estimate of drug-likeness (QED) is 0.252. The Balaban J connectivity index is 0. The molecule has 0 spiro atoms. The zero-order chi connectivity index (χ0) is 14.3. The Morgan fingerprint density at radius 2 is 1.68 bits per heavy atom. The average molecular weight is 301 g/mol. The molecule has 8 nitrogen and oxygen atoms in total. The van der Waals surface area contributed by atoms with Gasteiger partial charge in [0.1, 0.15) is 11.8 Å². The van der Waals surface area contributed by atoms with E-state index in [9.17, 15) is 4.79 Å². The van der Waals surface area contributed by atoms with Crippen molar-refractivity contribution < 1.29 is 62.1 Å². The number of aliphatic carboxylic acids is 1. The summed E-state index contributed by atoms with van der Waals surface area (Å²) in [6.45, 7) is 0. The molecule has 0 heterocycles. The first-order chi connectivity index (χ1) is 8.09. The van der Waals surface area contributed by atoms with Gasteiger partial charge < -0.3 is 20.5 Å².